The van der Waals surface area contributed by atoms with Gasteiger partial charge >= 0.3 is 5.97 Å². The summed E-state index contributed by atoms with van der Waals surface area (Å²) in [4.78, 5) is 19.2. The third-order valence-corrected chi connectivity index (χ3v) is 2.99. The highest BCUT2D eigenvalue weighted by Gasteiger charge is 2.20. The van der Waals surface area contributed by atoms with Gasteiger partial charge in [0, 0.05) is 17.5 Å². The van der Waals surface area contributed by atoms with Crippen LogP contribution < -0.4 is 5.32 Å². The van der Waals surface area contributed by atoms with E-state index in [0.29, 0.717) is 17.8 Å². The fraction of sp³-hybridized carbons (Fsp3) is 0.357. The molecule has 0 aliphatic rings. The number of carboxylic acid groups (broad SMARTS) is 1. The van der Waals surface area contributed by atoms with Gasteiger partial charge in [0.1, 0.15) is 5.82 Å². The van der Waals surface area contributed by atoms with E-state index in [4.69, 9.17) is 10.2 Å². The SMILES string of the molecule is CC(C)(CCO)Nc1nc(C(=O)O)nc2ccccc12. The lowest BCUT2D eigenvalue weighted by atomic mass is 10.0. The largest absolute Gasteiger partial charge is 0.475 e. The topological polar surface area (TPSA) is 95.3 Å². The summed E-state index contributed by atoms with van der Waals surface area (Å²) in [7, 11) is 0. The summed E-state index contributed by atoms with van der Waals surface area (Å²) in [6.45, 7) is 3.87. The molecule has 0 aliphatic carbocycles. The number of para-hydroxylation sites is 1. The average Bonchev–Trinajstić information content (AvgIpc) is 2.37. The van der Waals surface area contributed by atoms with Crippen molar-refractivity contribution >= 4 is 22.7 Å². The molecule has 20 heavy (non-hydrogen) atoms. The van der Waals surface area contributed by atoms with E-state index in [1.807, 2.05) is 26.0 Å². The number of aliphatic hydroxyl groups excluding tert-OH is 1. The number of anilines is 1. The molecule has 0 unspecified atom stereocenters. The Bertz CT molecular complexity index is 641. The molecule has 0 bridgehead atoms. The van der Waals surface area contributed by atoms with Gasteiger partial charge in [0.15, 0.2) is 0 Å². The lowest BCUT2D eigenvalue weighted by molar-refractivity contribution is 0.0684. The van der Waals surface area contributed by atoms with Crippen molar-refractivity contribution in [1.82, 2.24) is 9.97 Å². The van der Waals surface area contributed by atoms with Crippen molar-refractivity contribution in [2.45, 2.75) is 25.8 Å². The fourth-order valence-electron chi connectivity index (χ4n) is 1.93. The smallest absolute Gasteiger partial charge is 0.374 e. The Hall–Kier alpha value is -2.21. The summed E-state index contributed by atoms with van der Waals surface area (Å²) in [6.07, 6.45) is 0.522. The number of fused-ring (bicyclic) bond motifs is 1. The summed E-state index contributed by atoms with van der Waals surface area (Å²) in [5.41, 5.74) is 0.170. The van der Waals surface area contributed by atoms with Crippen LogP contribution in [0.1, 0.15) is 30.9 Å². The number of nitrogens with one attached hydrogen (secondary N) is 1. The third kappa shape index (κ3) is 3.03. The van der Waals surface area contributed by atoms with Gasteiger partial charge in [0.25, 0.3) is 0 Å². The summed E-state index contributed by atoms with van der Waals surface area (Å²) < 4.78 is 0. The first-order valence-corrected chi connectivity index (χ1v) is 6.32. The lowest BCUT2D eigenvalue weighted by Gasteiger charge is -2.26. The van der Waals surface area contributed by atoms with Gasteiger partial charge in [0.05, 0.1) is 5.52 Å². The van der Waals surface area contributed by atoms with Crippen molar-refractivity contribution in [1.29, 1.82) is 0 Å². The minimum Gasteiger partial charge on any atom is -0.475 e. The van der Waals surface area contributed by atoms with Crippen LogP contribution in [0.3, 0.4) is 0 Å². The molecule has 6 heteroatoms. The van der Waals surface area contributed by atoms with E-state index in [0.717, 1.165) is 5.39 Å². The van der Waals surface area contributed by atoms with Crippen LogP contribution in [0.2, 0.25) is 0 Å². The van der Waals surface area contributed by atoms with Crippen LogP contribution in [0.4, 0.5) is 5.82 Å². The molecule has 2 rings (SSSR count). The van der Waals surface area contributed by atoms with Crippen molar-refractivity contribution in [3.8, 4) is 0 Å². The molecule has 0 amide bonds. The predicted octanol–water partition coefficient (Wildman–Crippen LogP) is 1.90. The quantitative estimate of drug-likeness (QED) is 0.771. The Morgan fingerprint density at radius 2 is 2.00 bits per heavy atom. The van der Waals surface area contributed by atoms with Crippen LogP contribution in [0.5, 0.6) is 0 Å². The maximum Gasteiger partial charge on any atom is 0.374 e. The van der Waals surface area contributed by atoms with Crippen molar-refractivity contribution in [2.24, 2.45) is 0 Å². The van der Waals surface area contributed by atoms with E-state index in [1.165, 1.54) is 0 Å². The highest BCUT2D eigenvalue weighted by atomic mass is 16.4. The number of carbonyl (C=O) groups is 1. The monoisotopic (exact) mass is 275 g/mol. The Balaban J connectivity index is 2.52. The van der Waals surface area contributed by atoms with Gasteiger partial charge in [-0.3, -0.25) is 0 Å². The fourth-order valence-corrected chi connectivity index (χ4v) is 1.93. The number of nitrogens with zero attached hydrogens (tertiary/aromatic N) is 2. The van der Waals surface area contributed by atoms with Gasteiger partial charge in [-0.05, 0) is 32.4 Å². The zero-order valence-corrected chi connectivity index (χ0v) is 11.4. The Kier molecular flexibility index (Phi) is 3.85. The van der Waals surface area contributed by atoms with Crippen molar-refractivity contribution in [3.63, 3.8) is 0 Å². The zero-order chi connectivity index (χ0) is 14.8. The molecule has 1 aromatic carbocycles. The molecule has 1 heterocycles. The molecule has 0 fully saturated rings. The van der Waals surface area contributed by atoms with Crippen LogP contribution >= 0.6 is 0 Å². The molecule has 0 aliphatic heterocycles. The standard InChI is InChI=1S/C14H17N3O3/c1-14(2,7-8-18)17-11-9-5-3-4-6-10(9)15-12(16-11)13(19)20/h3-6,18H,7-8H2,1-2H3,(H,19,20)(H,15,16,17). The number of aliphatic hydroxyl groups is 1. The molecule has 0 saturated carbocycles. The molecule has 0 radical (unpaired) electrons. The Morgan fingerprint density at radius 3 is 2.65 bits per heavy atom. The predicted molar refractivity (Wildman–Crippen MR) is 75.9 cm³/mol. The van der Waals surface area contributed by atoms with Crippen LogP contribution in [0, 0.1) is 0 Å². The van der Waals surface area contributed by atoms with Gasteiger partial charge in [-0.1, -0.05) is 12.1 Å². The van der Waals surface area contributed by atoms with Crippen LogP contribution in [0.25, 0.3) is 10.9 Å². The number of hydrogen-bond donors (Lipinski definition) is 3. The zero-order valence-electron chi connectivity index (χ0n) is 11.4. The van der Waals surface area contributed by atoms with E-state index in [-0.39, 0.29) is 12.4 Å². The lowest BCUT2D eigenvalue weighted by Crippen LogP contribution is -2.32. The molecule has 0 spiro atoms. The van der Waals surface area contributed by atoms with Gasteiger partial charge in [-0.2, -0.15) is 0 Å². The van der Waals surface area contributed by atoms with E-state index < -0.39 is 11.5 Å². The Labute approximate surface area is 116 Å². The Morgan fingerprint density at radius 1 is 1.30 bits per heavy atom. The van der Waals surface area contributed by atoms with Gasteiger partial charge in [0.2, 0.25) is 5.82 Å². The minimum absolute atomic E-state index is 0.0365. The number of rotatable bonds is 5. The van der Waals surface area contributed by atoms with E-state index in [9.17, 15) is 4.79 Å². The third-order valence-electron chi connectivity index (χ3n) is 2.99. The second-order valence-corrected chi connectivity index (χ2v) is 5.20. The summed E-state index contributed by atoms with van der Waals surface area (Å²) >= 11 is 0. The minimum atomic E-state index is -1.17. The molecular weight excluding hydrogens is 258 g/mol. The van der Waals surface area contributed by atoms with E-state index in [1.54, 1.807) is 12.1 Å². The van der Waals surface area contributed by atoms with Gasteiger partial charge in [-0.25, -0.2) is 14.8 Å². The number of aromatic nitrogens is 2. The second-order valence-electron chi connectivity index (χ2n) is 5.20. The number of carboxylic acids is 1. The molecule has 6 nitrogen and oxygen atoms in total. The summed E-state index contributed by atoms with van der Waals surface area (Å²) in [6, 6.07) is 7.21. The highest BCUT2D eigenvalue weighted by Crippen LogP contribution is 2.24. The molecule has 1 aromatic heterocycles. The van der Waals surface area contributed by atoms with Crippen molar-refractivity contribution < 1.29 is 15.0 Å². The van der Waals surface area contributed by atoms with Gasteiger partial charge in [-0.15, -0.1) is 0 Å². The molecule has 106 valence electrons. The maximum atomic E-state index is 11.1. The maximum absolute atomic E-state index is 11.1. The van der Waals surface area contributed by atoms with E-state index in [2.05, 4.69) is 15.3 Å². The molecular formula is C14H17N3O3. The molecule has 0 atom stereocenters. The van der Waals surface area contributed by atoms with Crippen LogP contribution in [-0.4, -0.2) is 38.3 Å². The van der Waals surface area contributed by atoms with Crippen LogP contribution in [0.15, 0.2) is 24.3 Å². The summed E-state index contributed by atoms with van der Waals surface area (Å²) in [5, 5.41) is 22.1. The second kappa shape index (κ2) is 5.42. The van der Waals surface area contributed by atoms with E-state index >= 15 is 0 Å². The molecule has 2 aromatic rings. The average molecular weight is 275 g/mol. The first-order valence-electron chi connectivity index (χ1n) is 6.32. The first kappa shape index (κ1) is 14.2. The van der Waals surface area contributed by atoms with Gasteiger partial charge < -0.3 is 15.5 Å². The normalized spacial score (nSPS) is 11.6. The molecule has 0 saturated heterocycles. The van der Waals surface area contributed by atoms with Crippen molar-refractivity contribution in [2.75, 3.05) is 11.9 Å². The van der Waals surface area contributed by atoms with Crippen molar-refractivity contribution in [3.05, 3.63) is 30.1 Å². The highest BCUT2D eigenvalue weighted by molar-refractivity contribution is 5.93. The first-order chi connectivity index (χ1) is 9.43. The number of benzene rings is 1. The number of aromatic carboxylic acids is 1. The summed E-state index contributed by atoms with van der Waals surface area (Å²) in [5.74, 6) is -0.948. The van der Waals surface area contributed by atoms with Crippen LogP contribution in [-0.2, 0) is 0 Å². The number of hydrogen-bond acceptors (Lipinski definition) is 5. The molecule has 3 N–H and O–H groups in total.